The molecule has 0 saturated heterocycles. The van der Waals surface area contributed by atoms with Crippen LogP contribution >= 0.6 is 0 Å². The Bertz CT molecular complexity index is 559. The fourth-order valence-corrected chi connectivity index (χ4v) is 1.99. The molecule has 0 aliphatic carbocycles. The Balaban J connectivity index is 0. The highest BCUT2D eigenvalue weighted by Crippen LogP contribution is 2.25. The van der Waals surface area contributed by atoms with Crippen molar-refractivity contribution in [3.05, 3.63) is 90.8 Å². The zero-order valence-electron chi connectivity index (χ0n) is 16.6. The summed E-state index contributed by atoms with van der Waals surface area (Å²) in [7, 11) is 0. The molecular formula is C23H35N. The van der Waals surface area contributed by atoms with Crippen LogP contribution in [-0.4, -0.2) is 0 Å². The molecule has 0 amide bonds. The molecule has 0 aliphatic heterocycles. The lowest BCUT2D eigenvalue weighted by Gasteiger charge is -2.27. The molecule has 0 spiro atoms. The van der Waals surface area contributed by atoms with Crippen molar-refractivity contribution in [2.45, 2.75) is 48.5 Å². The lowest BCUT2D eigenvalue weighted by molar-refractivity contribution is 1.10. The Morgan fingerprint density at radius 1 is 1.04 bits per heavy atom. The molecule has 0 heterocycles. The number of anilines is 1. The van der Waals surface area contributed by atoms with Gasteiger partial charge in [-0.15, -0.1) is 0 Å². The molecule has 1 rings (SSSR count). The average molecular weight is 326 g/mol. The number of aryl methyl sites for hydroxylation is 1. The van der Waals surface area contributed by atoms with Gasteiger partial charge in [0, 0.05) is 17.1 Å². The third kappa shape index (κ3) is 8.38. The number of hydrogen-bond acceptors (Lipinski definition) is 1. The number of benzene rings is 1. The number of hydrogen-bond donors (Lipinski definition) is 0. The van der Waals surface area contributed by atoms with Crippen LogP contribution in [0.2, 0.25) is 0 Å². The zero-order valence-corrected chi connectivity index (χ0v) is 16.6. The molecule has 0 atom stereocenters. The molecule has 1 nitrogen and oxygen atoms in total. The van der Waals surface area contributed by atoms with Crippen molar-refractivity contribution >= 4 is 5.69 Å². The highest BCUT2D eigenvalue weighted by atomic mass is 15.1. The van der Waals surface area contributed by atoms with Gasteiger partial charge >= 0.3 is 0 Å². The minimum absolute atomic E-state index is 1.00. The van der Waals surface area contributed by atoms with E-state index in [0.29, 0.717) is 0 Å². The van der Waals surface area contributed by atoms with E-state index in [4.69, 9.17) is 0 Å². The first-order valence-corrected chi connectivity index (χ1v) is 8.75. The molecule has 0 aliphatic rings. The van der Waals surface area contributed by atoms with Gasteiger partial charge in [0.05, 0.1) is 0 Å². The van der Waals surface area contributed by atoms with Gasteiger partial charge in [-0.05, 0) is 56.7 Å². The Labute approximate surface area is 150 Å². The molecule has 132 valence electrons. The maximum Gasteiger partial charge on any atom is 0.0460 e. The van der Waals surface area contributed by atoms with Crippen molar-refractivity contribution in [1.29, 1.82) is 0 Å². The van der Waals surface area contributed by atoms with Crippen LogP contribution in [0.4, 0.5) is 5.69 Å². The monoisotopic (exact) mass is 325 g/mol. The minimum atomic E-state index is 1.00. The van der Waals surface area contributed by atoms with Crippen LogP contribution in [-0.2, 0) is 0 Å². The van der Waals surface area contributed by atoms with Gasteiger partial charge < -0.3 is 4.90 Å². The van der Waals surface area contributed by atoms with Gasteiger partial charge in [-0.3, -0.25) is 0 Å². The van der Waals surface area contributed by atoms with E-state index in [1.54, 1.807) is 6.08 Å². The molecule has 0 aromatic heterocycles. The summed E-state index contributed by atoms with van der Waals surface area (Å²) in [6.07, 6.45) is 11.7. The lowest BCUT2D eigenvalue weighted by Crippen LogP contribution is -2.19. The highest BCUT2D eigenvalue weighted by Gasteiger charge is 2.11. The molecule has 24 heavy (non-hydrogen) atoms. The van der Waals surface area contributed by atoms with Crippen molar-refractivity contribution in [3.8, 4) is 0 Å². The van der Waals surface area contributed by atoms with Crippen molar-refractivity contribution in [1.82, 2.24) is 0 Å². The van der Waals surface area contributed by atoms with Crippen molar-refractivity contribution in [2.75, 3.05) is 4.90 Å². The fraction of sp³-hybridized carbons (Fsp3) is 0.304. The van der Waals surface area contributed by atoms with Gasteiger partial charge in [0.25, 0.3) is 0 Å². The molecule has 1 aromatic carbocycles. The second kappa shape index (κ2) is 15.6. The third-order valence-electron chi connectivity index (χ3n) is 2.90. The molecule has 0 radical (unpaired) electrons. The van der Waals surface area contributed by atoms with Gasteiger partial charge in [0.1, 0.15) is 0 Å². The first-order valence-electron chi connectivity index (χ1n) is 8.75. The first kappa shape index (κ1) is 24.0. The van der Waals surface area contributed by atoms with Crippen LogP contribution in [0.3, 0.4) is 0 Å². The minimum Gasteiger partial charge on any atom is -0.315 e. The van der Waals surface area contributed by atoms with Crippen LogP contribution in [0.25, 0.3) is 0 Å². The number of allylic oxidation sites excluding steroid dienone is 7. The number of rotatable bonds is 6. The van der Waals surface area contributed by atoms with Crippen LogP contribution in [0.5, 0.6) is 0 Å². The van der Waals surface area contributed by atoms with Gasteiger partial charge in [-0.2, -0.15) is 0 Å². The fourth-order valence-electron chi connectivity index (χ4n) is 1.99. The topological polar surface area (TPSA) is 3.24 Å². The summed E-state index contributed by atoms with van der Waals surface area (Å²) in [5.74, 6) is 0. The summed E-state index contributed by atoms with van der Waals surface area (Å²) in [6.45, 7) is 21.9. The summed E-state index contributed by atoms with van der Waals surface area (Å²) < 4.78 is 0. The summed E-state index contributed by atoms with van der Waals surface area (Å²) in [4.78, 5) is 2.17. The van der Waals surface area contributed by atoms with E-state index in [1.165, 1.54) is 5.56 Å². The van der Waals surface area contributed by atoms with Gasteiger partial charge in [-0.1, -0.05) is 71.2 Å². The summed E-state index contributed by atoms with van der Waals surface area (Å²) >= 11 is 0. The second-order valence-corrected chi connectivity index (χ2v) is 4.54. The molecule has 0 fully saturated rings. The molecule has 1 aromatic rings. The predicted molar refractivity (Wildman–Crippen MR) is 113 cm³/mol. The van der Waals surface area contributed by atoms with E-state index < -0.39 is 0 Å². The first-order chi connectivity index (χ1) is 11.6. The van der Waals surface area contributed by atoms with E-state index in [-0.39, 0.29) is 0 Å². The maximum atomic E-state index is 3.91. The van der Waals surface area contributed by atoms with Crippen molar-refractivity contribution < 1.29 is 0 Å². The second-order valence-electron chi connectivity index (χ2n) is 4.54. The molecule has 0 bridgehead atoms. The van der Waals surface area contributed by atoms with Gasteiger partial charge in [0.15, 0.2) is 0 Å². The van der Waals surface area contributed by atoms with E-state index in [0.717, 1.165) is 17.1 Å². The smallest absolute Gasteiger partial charge is 0.0460 e. The highest BCUT2D eigenvalue weighted by molar-refractivity contribution is 5.61. The molecule has 0 unspecified atom stereocenters. The lowest BCUT2D eigenvalue weighted by atomic mass is 10.1. The standard InChI is InChI=1S/C19H23N.2C2H6/c1-6-9-13-17(5)20(18(8-3)11-7-2)19-14-10-12-16(4)15-19;2*1-2/h6-15H,2-3H2,1,4-5H3;2*1-2H3/b9-6-,17-13+,18-11+;;. The molecule has 1 heteroatoms. The average Bonchev–Trinajstić information content (AvgIpc) is 2.63. The van der Waals surface area contributed by atoms with Gasteiger partial charge in [0.2, 0.25) is 0 Å². The van der Waals surface area contributed by atoms with Crippen molar-refractivity contribution in [3.63, 3.8) is 0 Å². The van der Waals surface area contributed by atoms with Crippen LogP contribution in [0.15, 0.2) is 85.3 Å². The Hall–Kier alpha value is -2.28. The SMILES string of the molecule is C=C/C=C(\C=C)N(/C(C)=C/C=C\C)c1cccc(C)c1.CC.CC. The third-order valence-corrected chi connectivity index (χ3v) is 2.90. The Morgan fingerprint density at radius 3 is 2.12 bits per heavy atom. The Kier molecular flexibility index (Phi) is 15.6. The maximum absolute atomic E-state index is 3.91. The van der Waals surface area contributed by atoms with Crippen molar-refractivity contribution in [2.24, 2.45) is 0 Å². The summed E-state index contributed by atoms with van der Waals surface area (Å²) in [5, 5.41) is 0. The van der Waals surface area contributed by atoms with E-state index in [1.807, 2.05) is 58.9 Å². The summed E-state index contributed by atoms with van der Waals surface area (Å²) in [5.41, 5.74) is 4.48. The number of nitrogens with zero attached hydrogens (tertiary/aromatic N) is 1. The van der Waals surface area contributed by atoms with E-state index >= 15 is 0 Å². The van der Waals surface area contributed by atoms with E-state index in [9.17, 15) is 0 Å². The van der Waals surface area contributed by atoms with Crippen LogP contribution < -0.4 is 4.90 Å². The largest absolute Gasteiger partial charge is 0.315 e. The molecule has 0 saturated carbocycles. The Morgan fingerprint density at radius 2 is 1.67 bits per heavy atom. The van der Waals surface area contributed by atoms with Gasteiger partial charge in [-0.25, -0.2) is 0 Å². The quantitative estimate of drug-likeness (QED) is 0.487. The summed E-state index contributed by atoms with van der Waals surface area (Å²) in [6, 6.07) is 8.42. The molecule has 0 N–H and O–H groups in total. The predicted octanol–water partition coefficient (Wildman–Crippen LogP) is 7.59. The normalized spacial score (nSPS) is 11.0. The molecular weight excluding hydrogens is 290 g/mol. The van der Waals surface area contributed by atoms with E-state index in [2.05, 4.69) is 62.2 Å². The zero-order chi connectivity index (χ0) is 19.0. The van der Waals surface area contributed by atoms with Crippen LogP contribution in [0.1, 0.15) is 47.1 Å². The van der Waals surface area contributed by atoms with Crippen LogP contribution in [0, 0.1) is 6.92 Å².